The lowest BCUT2D eigenvalue weighted by Gasteiger charge is -2.16. The maximum absolute atomic E-state index is 12.5. The van der Waals surface area contributed by atoms with Crippen LogP contribution in [0.1, 0.15) is 43.2 Å². The Morgan fingerprint density at radius 1 is 1.00 bits per heavy atom. The molecule has 0 saturated heterocycles. The summed E-state index contributed by atoms with van der Waals surface area (Å²) in [7, 11) is 0. The summed E-state index contributed by atoms with van der Waals surface area (Å²) >= 11 is 0. The first-order valence-corrected chi connectivity index (χ1v) is 7.71. The van der Waals surface area contributed by atoms with E-state index in [1.54, 1.807) is 31.2 Å². The number of nitrogens with one attached hydrogen (secondary N) is 1. The summed E-state index contributed by atoms with van der Waals surface area (Å²) in [5, 5.41) is 11.9. The largest absolute Gasteiger partial charge is 0.481 e. The van der Waals surface area contributed by atoms with E-state index >= 15 is 0 Å². The Hall–Kier alpha value is -2.62. The summed E-state index contributed by atoms with van der Waals surface area (Å²) in [5.74, 6) is -1.68. The molecule has 0 aliphatic carbocycles. The first-order valence-electron chi connectivity index (χ1n) is 7.71. The number of hydrogen-bond acceptors (Lipinski definition) is 2. The summed E-state index contributed by atoms with van der Waals surface area (Å²) in [6.45, 7) is 3.62. The van der Waals surface area contributed by atoms with Gasteiger partial charge >= 0.3 is 5.97 Å². The van der Waals surface area contributed by atoms with Crippen LogP contribution >= 0.6 is 0 Å². The van der Waals surface area contributed by atoms with Gasteiger partial charge in [-0.3, -0.25) is 9.59 Å². The molecule has 0 bridgehead atoms. The van der Waals surface area contributed by atoms with Crippen LogP contribution in [0.3, 0.4) is 0 Å². The van der Waals surface area contributed by atoms with Gasteiger partial charge in [-0.1, -0.05) is 49.4 Å². The standard InChI is InChI=1S/C19H21NO3/c1-3-17(15-7-5-4-6-8-15)18(21)20-16-11-9-14(10-12-16)13(2)19(22)23/h4-13,17H,3H2,1-2H3,(H,20,21)(H,22,23). The first-order chi connectivity index (χ1) is 11.0. The summed E-state index contributed by atoms with van der Waals surface area (Å²) in [6, 6.07) is 16.6. The topological polar surface area (TPSA) is 66.4 Å². The zero-order valence-corrected chi connectivity index (χ0v) is 13.3. The maximum Gasteiger partial charge on any atom is 0.310 e. The minimum Gasteiger partial charge on any atom is -0.481 e. The van der Waals surface area contributed by atoms with Crippen molar-refractivity contribution in [2.24, 2.45) is 0 Å². The van der Waals surface area contributed by atoms with Gasteiger partial charge < -0.3 is 10.4 Å². The van der Waals surface area contributed by atoms with Crippen molar-refractivity contribution >= 4 is 17.6 Å². The number of rotatable bonds is 6. The molecule has 0 fully saturated rings. The van der Waals surface area contributed by atoms with E-state index < -0.39 is 11.9 Å². The number of carbonyl (C=O) groups excluding carboxylic acids is 1. The predicted octanol–water partition coefficient (Wildman–Crippen LogP) is 4.01. The van der Waals surface area contributed by atoms with Crippen LogP contribution in [0.2, 0.25) is 0 Å². The summed E-state index contributed by atoms with van der Waals surface area (Å²) in [6.07, 6.45) is 0.712. The number of anilines is 1. The Morgan fingerprint density at radius 3 is 2.13 bits per heavy atom. The summed E-state index contributed by atoms with van der Waals surface area (Å²) in [5.41, 5.74) is 2.37. The van der Waals surface area contributed by atoms with Crippen LogP contribution in [-0.2, 0) is 9.59 Å². The number of benzene rings is 2. The van der Waals surface area contributed by atoms with Crippen LogP contribution in [0.4, 0.5) is 5.69 Å². The number of carboxylic acids is 1. The second-order valence-electron chi connectivity index (χ2n) is 5.54. The zero-order valence-electron chi connectivity index (χ0n) is 13.3. The van der Waals surface area contributed by atoms with Crippen LogP contribution in [0, 0.1) is 0 Å². The Balaban J connectivity index is 2.09. The molecule has 0 spiro atoms. The third kappa shape index (κ3) is 4.19. The normalized spacial score (nSPS) is 13.1. The zero-order chi connectivity index (χ0) is 16.8. The van der Waals surface area contributed by atoms with Crippen molar-refractivity contribution in [2.45, 2.75) is 32.1 Å². The van der Waals surface area contributed by atoms with E-state index in [9.17, 15) is 9.59 Å². The molecule has 4 heteroatoms. The van der Waals surface area contributed by atoms with Gasteiger partial charge in [0, 0.05) is 5.69 Å². The van der Waals surface area contributed by atoms with Gasteiger partial charge in [-0.2, -0.15) is 0 Å². The average Bonchev–Trinajstić information content (AvgIpc) is 2.56. The van der Waals surface area contributed by atoms with Crippen LogP contribution in [0.15, 0.2) is 54.6 Å². The molecule has 1 amide bonds. The van der Waals surface area contributed by atoms with Gasteiger partial charge in [0.1, 0.15) is 0 Å². The molecule has 4 nitrogen and oxygen atoms in total. The second kappa shape index (κ2) is 7.58. The quantitative estimate of drug-likeness (QED) is 0.847. The molecular weight excluding hydrogens is 290 g/mol. The summed E-state index contributed by atoms with van der Waals surface area (Å²) < 4.78 is 0. The number of hydrogen-bond donors (Lipinski definition) is 2. The molecule has 120 valence electrons. The van der Waals surface area contributed by atoms with Gasteiger partial charge in [0.2, 0.25) is 5.91 Å². The lowest BCUT2D eigenvalue weighted by atomic mass is 9.95. The average molecular weight is 311 g/mol. The van der Waals surface area contributed by atoms with Crippen LogP contribution in [0.25, 0.3) is 0 Å². The van der Waals surface area contributed by atoms with E-state index in [4.69, 9.17) is 5.11 Å². The molecule has 0 aromatic heterocycles. The number of aliphatic carboxylic acids is 1. The molecule has 0 aliphatic rings. The molecule has 0 radical (unpaired) electrons. The molecule has 0 saturated carbocycles. The van der Waals surface area contributed by atoms with E-state index in [-0.39, 0.29) is 11.8 Å². The summed E-state index contributed by atoms with van der Waals surface area (Å²) in [4.78, 5) is 23.4. The maximum atomic E-state index is 12.5. The third-order valence-electron chi connectivity index (χ3n) is 3.98. The number of carbonyl (C=O) groups is 2. The van der Waals surface area contributed by atoms with Gasteiger partial charge in [0.15, 0.2) is 0 Å². The van der Waals surface area contributed by atoms with Gasteiger partial charge in [0.25, 0.3) is 0 Å². The lowest BCUT2D eigenvalue weighted by Crippen LogP contribution is -2.20. The molecule has 2 unspecified atom stereocenters. The molecule has 2 rings (SSSR count). The Kier molecular flexibility index (Phi) is 5.52. The minimum atomic E-state index is -0.864. The molecule has 2 aromatic carbocycles. The van der Waals surface area contributed by atoms with Crippen molar-refractivity contribution in [2.75, 3.05) is 5.32 Å². The fourth-order valence-corrected chi connectivity index (χ4v) is 2.48. The van der Waals surface area contributed by atoms with Crippen LogP contribution < -0.4 is 5.32 Å². The van der Waals surface area contributed by atoms with Crippen molar-refractivity contribution < 1.29 is 14.7 Å². The van der Waals surface area contributed by atoms with E-state index in [1.807, 2.05) is 37.3 Å². The highest BCUT2D eigenvalue weighted by atomic mass is 16.4. The van der Waals surface area contributed by atoms with Crippen LogP contribution in [0.5, 0.6) is 0 Å². The van der Waals surface area contributed by atoms with E-state index in [0.717, 1.165) is 5.56 Å². The monoisotopic (exact) mass is 311 g/mol. The molecule has 0 heterocycles. The van der Waals surface area contributed by atoms with Crippen molar-refractivity contribution in [3.05, 3.63) is 65.7 Å². The molecule has 2 atom stereocenters. The fraction of sp³-hybridized carbons (Fsp3) is 0.263. The van der Waals surface area contributed by atoms with Crippen molar-refractivity contribution in [3.63, 3.8) is 0 Å². The van der Waals surface area contributed by atoms with Gasteiger partial charge in [-0.15, -0.1) is 0 Å². The Bertz CT molecular complexity index is 665. The SMILES string of the molecule is CCC(C(=O)Nc1ccc(C(C)C(=O)O)cc1)c1ccccc1. The van der Waals surface area contributed by atoms with Crippen molar-refractivity contribution in [1.82, 2.24) is 0 Å². The van der Waals surface area contributed by atoms with Crippen molar-refractivity contribution in [3.8, 4) is 0 Å². The van der Waals surface area contributed by atoms with E-state index in [0.29, 0.717) is 17.7 Å². The van der Waals surface area contributed by atoms with E-state index in [1.165, 1.54) is 0 Å². The van der Waals surface area contributed by atoms with Gasteiger partial charge in [-0.25, -0.2) is 0 Å². The molecule has 23 heavy (non-hydrogen) atoms. The molecule has 2 aromatic rings. The van der Waals surface area contributed by atoms with E-state index in [2.05, 4.69) is 5.32 Å². The van der Waals surface area contributed by atoms with Gasteiger partial charge in [-0.05, 0) is 36.6 Å². The highest BCUT2D eigenvalue weighted by Gasteiger charge is 2.19. The number of amides is 1. The smallest absolute Gasteiger partial charge is 0.310 e. The molecular formula is C19H21NO3. The highest BCUT2D eigenvalue weighted by Crippen LogP contribution is 2.23. The highest BCUT2D eigenvalue weighted by molar-refractivity contribution is 5.95. The Morgan fingerprint density at radius 2 is 1.61 bits per heavy atom. The van der Waals surface area contributed by atoms with Crippen LogP contribution in [-0.4, -0.2) is 17.0 Å². The fourth-order valence-electron chi connectivity index (χ4n) is 2.48. The molecule has 0 aliphatic heterocycles. The number of carboxylic acid groups (broad SMARTS) is 1. The minimum absolute atomic E-state index is 0.0577. The second-order valence-corrected chi connectivity index (χ2v) is 5.54. The first kappa shape index (κ1) is 16.7. The van der Waals surface area contributed by atoms with Gasteiger partial charge in [0.05, 0.1) is 11.8 Å². The third-order valence-corrected chi connectivity index (χ3v) is 3.98. The predicted molar refractivity (Wildman–Crippen MR) is 90.6 cm³/mol. The Labute approximate surface area is 136 Å². The van der Waals surface area contributed by atoms with Crippen molar-refractivity contribution in [1.29, 1.82) is 0 Å². The molecule has 2 N–H and O–H groups in total. The lowest BCUT2D eigenvalue weighted by molar-refractivity contribution is -0.138.